The Labute approximate surface area is 227 Å². The zero-order valence-electron chi connectivity index (χ0n) is 22.6. The van der Waals surface area contributed by atoms with E-state index in [0.717, 1.165) is 12.0 Å². The molecular weight excluding hydrogens is 494 g/mol. The molecule has 1 N–H and O–H groups in total. The van der Waals surface area contributed by atoms with Crippen molar-refractivity contribution in [1.29, 1.82) is 0 Å². The van der Waals surface area contributed by atoms with Crippen molar-refractivity contribution in [3.63, 3.8) is 0 Å². The largest absolute Gasteiger partial charge is 0.465 e. The Kier molecular flexibility index (Phi) is 8.70. The number of hydrogen-bond acceptors (Lipinski definition) is 6. The first-order chi connectivity index (χ1) is 18.8. The van der Waals surface area contributed by atoms with E-state index in [1.807, 2.05) is 55.5 Å². The second-order valence-corrected chi connectivity index (χ2v) is 9.83. The lowest BCUT2D eigenvalue weighted by Gasteiger charge is -2.32. The van der Waals surface area contributed by atoms with Crippen LogP contribution in [-0.2, 0) is 20.9 Å². The minimum Gasteiger partial charge on any atom is -0.465 e. The van der Waals surface area contributed by atoms with Gasteiger partial charge in [-0.1, -0.05) is 67.1 Å². The fourth-order valence-corrected chi connectivity index (χ4v) is 4.32. The van der Waals surface area contributed by atoms with Crippen molar-refractivity contribution >= 4 is 34.5 Å². The molecule has 9 nitrogen and oxygen atoms in total. The fraction of sp³-hybridized carbons (Fsp3) is 0.300. The summed E-state index contributed by atoms with van der Waals surface area (Å²) in [5.74, 6) is -0.852. The van der Waals surface area contributed by atoms with Gasteiger partial charge in [0.1, 0.15) is 18.1 Å². The van der Waals surface area contributed by atoms with Crippen molar-refractivity contribution in [2.45, 2.75) is 39.8 Å². The van der Waals surface area contributed by atoms with Crippen LogP contribution in [0.3, 0.4) is 0 Å². The van der Waals surface area contributed by atoms with E-state index in [4.69, 9.17) is 4.74 Å². The van der Waals surface area contributed by atoms with Gasteiger partial charge < -0.3 is 10.1 Å². The molecule has 0 saturated heterocycles. The molecule has 3 aromatic carbocycles. The minimum absolute atomic E-state index is 0.162. The highest BCUT2D eigenvalue weighted by atomic mass is 16.5. The van der Waals surface area contributed by atoms with Gasteiger partial charge >= 0.3 is 5.97 Å². The molecule has 4 rings (SSSR count). The van der Waals surface area contributed by atoms with E-state index in [1.165, 1.54) is 16.7 Å². The van der Waals surface area contributed by atoms with Crippen molar-refractivity contribution in [3.05, 3.63) is 89.5 Å². The van der Waals surface area contributed by atoms with Gasteiger partial charge in [0.25, 0.3) is 0 Å². The zero-order chi connectivity index (χ0) is 27.9. The molecule has 1 aromatic heterocycles. The van der Waals surface area contributed by atoms with Crippen LogP contribution >= 0.6 is 0 Å². The maximum absolute atomic E-state index is 14.1. The maximum Gasteiger partial charge on any atom is 0.337 e. The second kappa shape index (κ2) is 12.3. The first kappa shape index (κ1) is 27.5. The monoisotopic (exact) mass is 527 g/mol. The molecule has 0 fully saturated rings. The van der Waals surface area contributed by atoms with Crippen molar-refractivity contribution < 1.29 is 19.1 Å². The molecule has 0 radical (unpaired) electrons. The van der Waals surface area contributed by atoms with Crippen LogP contribution in [0.4, 0.5) is 5.69 Å². The topological polar surface area (TPSA) is 106 Å². The number of nitrogens with zero attached hydrogens (tertiary/aromatic N) is 4. The molecule has 0 unspecified atom stereocenters. The van der Waals surface area contributed by atoms with Crippen molar-refractivity contribution in [1.82, 2.24) is 20.3 Å². The zero-order valence-corrected chi connectivity index (χ0v) is 22.6. The molecule has 1 atom stereocenters. The number of para-hydroxylation sites is 1. The number of carbonyl (C=O) groups is 3. The number of carbonyl (C=O) groups excluding carboxylic acids is 3. The van der Waals surface area contributed by atoms with E-state index < -0.39 is 17.9 Å². The summed E-state index contributed by atoms with van der Waals surface area (Å²) in [6, 6.07) is 20.4. The summed E-state index contributed by atoms with van der Waals surface area (Å²) < 4.78 is 6.41. The number of rotatable bonds is 10. The SMILES string of the molecule is COC(=O)c1cccc(N(C(=O)Cn2nnc3ccccc32)[C@@H](C(=O)NCCC(C)C)c2ccc(C)cc2)c1. The molecule has 1 heterocycles. The Morgan fingerprint density at radius 3 is 2.46 bits per heavy atom. The van der Waals surface area contributed by atoms with Gasteiger partial charge in [-0.15, -0.1) is 5.10 Å². The van der Waals surface area contributed by atoms with Crippen molar-refractivity contribution in [3.8, 4) is 0 Å². The molecule has 39 heavy (non-hydrogen) atoms. The number of benzene rings is 3. The van der Waals surface area contributed by atoms with Crippen LogP contribution in [0.25, 0.3) is 11.0 Å². The third kappa shape index (κ3) is 6.49. The fourth-order valence-electron chi connectivity index (χ4n) is 4.32. The Morgan fingerprint density at radius 2 is 1.74 bits per heavy atom. The standard InChI is InChI=1S/C30H33N5O4/c1-20(2)16-17-31-29(37)28(22-14-12-21(3)13-15-22)35(24-9-7-8-23(18-24)30(38)39-4)27(36)19-34-26-11-6-5-10-25(26)32-33-34/h5-15,18,20,28H,16-17,19H2,1-4H3,(H,31,37)/t28-/m1/s1. The third-order valence-corrected chi connectivity index (χ3v) is 6.44. The molecule has 0 aliphatic carbocycles. The number of nitrogens with one attached hydrogen (secondary N) is 1. The summed E-state index contributed by atoms with van der Waals surface area (Å²) >= 11 is 0. The molecular formula is C30H33N5O4. The van der Waals surface area contributed by atoms with Gasteiger partial charge in [0, 0.05) is 12.2 Å². The first-order valence-electron chi connectivity index (χ1n) is 12.9. The molecule has 202 valence electrons. The quantitative estimate of drug-likeness (QED) is 0.305. The third-order valence-electron chi connectivity index (χ3n) is 6.44. The predicted octanol–water partition coefficient (Wildman–Crippen LogP) is 4.46. The second-order valence-electron chi connectivity index (χ2n) is 9.83. The lowest BCUT2D eigenvalue weighted by Crippen LogP contribution is -2.45. The van der Waals surface area contributed by atoms with Gasteiger partial charge in [0.15, 0.2) is 0 Å². The molecule has 0 aliphatic rings. The summed E-state index contributed by atoms with van der Waals surface area (Å²) in [6.45, 7) is 6.43. The highest BCUT2D eigenvalue weighted by molar-refractivity contribution is 6.02. The van der Waals surface area contributed by atoms with Gasteiger partial charge in [-0.05, 0) is 55.2 Å². The predicted molar refractivity (Wildman–Crippen MR) is 149 cm³/mol. The van der Waals surface area contributed by atoms with Crippen LogP contribution < -0.4 is 10.2 Å². The van der Waals surface area contributed by atoms with E-state index in [2.05, 4.69) is 29.5 Å². The Hall–Kier alpha value is -4.53. The maximum atomic E-state index is 14.1. The lowest BCUT2D eigenvalue weighted by molar-refractivity contribution is -0.127. The smallest absolute Gasteiger partial charge is 0.337 e. The normalized spacial score (nSPS) is 11.8. The van der Waals surface area contributed by atoms with Gasteiger partial charge in [-0.2, -0.15) is 0 Å². The Bertz CT molecular complexity index is 1460. The van der Waals surface area contributed by atoms with Crippen LogP contribution in [0.15, 0.2) is 72.8 Å². The number of ether oxygens (including phenoxy) is 1. The summed E-state index contributed by atoms with van der Waals surface area (Å²) in [4.78, 5) is 41.7. The van der Waals surface area contributed by atoms with Gasteiger partial charge in [-0.25, -0.2) is 9.48 Å². The molecule has 2 amide bonds. The van der Waals surface area contributed by atoms with Gasteiger partial charge in [0.2, 0.25) is 11.8 Å². The van der Waals surface area contributed by atoms with Crippen molar-refractivity contribution in [2.24, 2.45) is 5.92 Å². The van der Waals surface area contributed by atoms with E-state index in [0.29, 0.717) is 34.7 Å². The number of esters is 1. The van der Waals surface area contributed by atoms with Crippen LogP contribution in [0, 0.1) is 12.8 Å². The van der Waals surface area contributed by atoms with E-state index in [9.17, 15) is 14.4 Å². The average molecular weight is 528 g/mol. The van der Waals surface area contributed by atoms with Crippen LogP contribution in [0.5, 0.6) is 0 Å². The summed E-state index contributed by atoms with van der Waals surface area (Å²) in [7, 11) is 1.30. The van der Waals surface area contributed by atoms with E-state index >= 15 is 0 Å². The van der Waals surface area contributed by atoms with E-state index in [-0.39, 0.29) is 18.0 Å². The number of aromatic nitrogens is 3. The number of amides is 2. The van der Waals surface area contributed by atoms with Crippen LogP contribution in [-0.4, -0.2) is 46.4 Å². The van der Waals surface area contributed by atoms with E-state index in [1.54, 1.807) is 24.3 Å². The number of aryl methyl sites for hydroxylation is 1. The summed E-state index contributed by atoms with van der Waals surface area (Å²) in [6.07, 6.45) is 0.795. The van der Waals surface area contributed by atoms with Crippen LogP contribution in [0.2, 0.25) is 0 Å². The van der Waals surface area contributed by atoms with Gasteiger partial charge in [0.05, 0.1) is 18.2 Å². The molecule has 0 spiro atoms. The Morgan fingerprint density at radius 1 is 1.00 bits per heavy atom. The number of fused-ring (bicyclic) bond motifs is 1. The lowest BCUT2D eigenvalue weighted by atomic mass is 10.0. The highest BCUT2D eigenvalue weighted by Crippen LogP contribution is 2.30. The minimum atomic E-state index is -0.993. The first-order valence-corrected chi connectivity index (χ1v) is 12.9. The van der Waals surface area contributed by atoms with Gasteiger partial charge in [-0.3, -0.25) is 14.5 Å². The number of hydrogen-bond donors (Lipinski definition) is 1. The average Bonchev–Trinajstić information content (AvgIpc) is 3.34. The number of methoxy groups -OCH3 is 1. The summed E-state index contributed by atoms with van der Waals surface area (Å²) in [5.41, 5.74) is 3.67. The van der Waals surface area contributed by atoms with Crippen molar-refractivity contribution in [2.75, 3.05) is 18.6 Å². The summed E-state index contributed by atoms with van der Waals surface area (Å²) in [5, 5.41) is 11.3. The van der Waals surface area contributed by atoms with Crippen LogP contribution in [0.1, 0.15) is 47.8 Å². The molecule has 4 aromatic rings. The highest BCUT2D eigenvalue weighted by Gasteiger charge is 2.33. The molecule has 0 aliphatic heterocycles. The Balaban J connectivity index is 1.81. The molecule has 0 saturated carbocycles. The number of anilines is 1. The molecule has 9 heteroatoms. The molecule has 0 bridgehead atoms.